The van der Waals surface area contributed by atoms with Gasteiger partial charge in [-0.05, 0) is 30.0 Å². The molecule has 2 aliphatic rings. The van der Waals surface area contributed by atoms with Gasteiger partial charge in [-0.2, -0.15) is 0 Å². The number of likely N-dealkylation sites (N-methyl/N-ethyl adjacent to an activating group) is 2. The zero-order valence-corrected chi connectivity index (χ0v) is 20.4. The van der Waals surface area contributed by atoms with Gasteiger partial charge in [0.2, 0.25) is 0 Å². The number of hydrogen-bond donors (Lipinski definition) is 1. The van der Waals surface area contributed by atoms with Crippen molar-refractivity contribution in [3.63, 3.8) is 0 Å². The summed E-state index contributed by atoms with van der Waals surface area (Å²) in [7, 11) is 1.73. The summed E-state index contributed by atoms with van der Waals surface area (Å²) in [6.45, 7) is 16.2. The second-order valence-electron chi connectivity index (χ2n) is 9.60. The summed E-state index contributed by atoms with van der Waals surface area (Å²) in [5.41, 5.74) is 3.37. The van der Waals surface area contributed by atoms with Crippen molar-refractivity contribution in [2.24, 2.45) is 0 Å². The minimum absolute atomic E-state index is 0.0279. The van der Waals surface area contributed by atoms with Gasteiger partial charge in [0.05, 0.1) is 18.2 Å². The van der Waals surface area contributed by atoms with E-state index in [1.54, 1.807) is 18.9 Å². The van der Waals surface area contributed by atoms with Gasteiger partial charge in [-0.25, -0.2) is 9.59 Å². The van der Waals surface area contributed by atoms with E-state index in [-0.39, 0.29) is 24.0 Å². The molecule has 1 saturated heterocycles. The van der Waals surface area contributed by atoms with Crippen molar-refractivity contribution in [1.29, 1.82) is 0 Å². The van der Waals surface area contributed by atoms with Gasteiger partial charge in [-0.3, -0.25) is 9.80 Å². The Hall–Kier alpha value is -2.38. The standard InChI is InChI=1S/C25H38N4O3/c1-7-28-13-15-29(16-14-28)17-20-21(23(30)32-8-2)22(26-24(31)27(20)6)18-9-11-19(12-10-18)25(3,4)5/h9-12,22H,7-8,13-17H2,1-6H3,(H,26,31)/t22-/m1/s1. The average molecular weight is 443 g/mol. The molecule has 1 aromatic rings. The minimum atomic E-state index is -0.529. The first-order valence-corrected chi connectivity index (χ1v) is 11.6. The number of benzene rings is 1. The molecule has 0 spiro atoms. The number of nitrogens with one attached hydrogen (secondary N) is 1. The number of esters is 1. The number of amides is 2. The van der Waals surface area contributed by atoms with Crippen LogP contribution in [0.15, 0.2) is 35.5 Å². The number of urea groups is 1. The van der Waals surface area contributed by atoms with Crippen LogP contribution in [0.5, 0.6) is 0 Å². The minimum Gasteiger partial charge on any atom is -0.463 e. The second kappa shape index (κ2) is 10.0. The molecular weight excluding hydrogens is 404 g/mol. The van der Waals surface area contributed by atoms with Gasteiger partial charge in [0.15, 0.2) is 0 Å². The molecule has 0 aromatic heterocycles. The zero-order chi connectivity index (χ0) is 23.5. The molecule has 176 valence electrons. The second-order valence-corrected chi connectivity index (χ2v) is 9.60. The van der Waals surface area contributed by atoms with Crippen molar-refractivity contribution < 1.29 is 14.3 Å². The molecule has 2 amide bonds. The van der Waals surface area contributed by atoms with Gasteiger partial charge < -0.3 is 15.0 Å². The molecule has 32 heavy (non-hydrogen) atoms. The highest BCUT2D eigenvalue weighted by atomic mass is 16.5. The molecule has 3 rings (SSSR count). The Kier molecular flexibility index (Phi) is 7.62. The van der Waals surface area contributed by atoms with E-state index in [4.69, 9.17) is 4.74 Å². The molecule has 1 N–H and O–H groups in total. The third-order valence-corrected chi connectivity index (χ3v) is 6.47. The smallest absolute Gasteiger partial charge is 0.338 e. The lowest BCUT2D eigenvalue weighted by Gasteiger charge is -2.39. The molecule has 1 fully saturated rings. The summed E-state index contributed by atoms with van der Waals surface area (Å²) >= 11 is 0. The summed E-state index contributed by atoms with van der Waals surface area (Å²) in [6.07, 6.45) is 0. The Morgan fingerprint density at radius 2 is 1.66 bits per heavy atom. The van der Waals surface area contributed by atoms with Crippen LogP contribution in [0.2, 0.25) is 0 Å². The van der Waals surface area contributed by atoms with Crippen LogP contribution in [0.1, 0.15) is 51.8 Å². The van der Waals surface area contributed by atoms with E-state index >= 15 is 0 Å². The first-order valence-electron chi connectivity index (χ1n) is 11.6. The van der Waals surface area contributed by atoms with E-state index in [2.05, 4.69) is 54.9 Å². The van der Waals surface area contributed by atoms with E-state index in [1.807, 2.05) is 12.1 Å². The maximum Gasteiger partial charge on any atom is 0.338 e. The first-order chi connectivity index (χ1) is 15.2. The Labute approximate surface area is 192 Å². The molecule has 0 aliphatic carbocycles. The lowest BCUT2D eigenvalue weighted by molar-refractivity contribution is -0.139. The highest BCUT2D eigenvalue weighted by molar-refractivity contribution is 5.95. The number of rotatable bonds is 6. The number of ether oxygens (including phenoxy) is 1. The average Bonchev–Trinajstić information content (AvgIpc) is 2.77. The summed E-state index contributed by atoms with van der Waals surface area (Å²) in [6, 6.07) is 7.43. The third-order valence-electron chi connectivity index (χ3n) is 6.47. The predicted octanol–water partition coefficient (Wildman–Crippen LogP) is 3.13. The van der Waals surface area contributed by atoms with Gasteiger partial charge in [0.1, 0.15) is 0 Å². The normalized spacial score (nSPS) is 21.0. The highest BCUT2D eigenvalue weighted by Gasteiger charge is 2.37. The summed E-state index contributed by atoms with van der Waals surface area (Å²) in [4.78, 5) is 32.3. The molecule has 1 aromatic carbocycles. The fraction of sp³-hybridized carbons (Fsp3) is 0.600. The van der Waals surface area contributed by atoms with Crippen LogP contribution < -0.4 is 5.32 Å². The monoisotopic (exact) mass is 442 g/mol. The SMILES string of the molecule is CCOC(=O)C1=C(CN2CCN(CC)CC2)N(C)C(=O)N[C@@H]1c1ccc(C(C)(C)C)cc1. The number of nitrogens with zero attached hydrogens (tertiary/aromatic N) is 3. The molecule has 0 unspecified atom stereocenters. The van der Waals surface area contributed by atoms with Gasteiger partial charge in [0.25, 0.3) is 0 Å². The molecule has 0 saturated carbocycles. The van der Waals surface area contributed by atoms with Crippen molar-refractivity contribution in [3.05, 3.63) is 46.7 Å². The largest absolute Gasteiger partial charge is 0.463 e. The van der Waals surface area contributed by atoms with E-state index in [0.717, 1.165) is 44.0 Å². The van der Waals surface area contributed by atoms with Crippen LogP contribution in [-0.4, -0.2) is 79.6 Å². The quantitative estimate of drug-likeness (QED) is 0.686. The molecule has 0 radical (unpaired) electrons. The van der Waals surface area contributed by atoms with Gasteiger partial charge in [0, 0.05) is 45.5 Å². The van der Waals surface area contributed by atoms with E-state index in [0.29, 0.717) is 12.1 Å². The van der Waals surface area contributed by atoms with Crippen molar-refractivity contribution >= 4 is 12.0 Å². The van der Waals surface area contributed by atoms with Crippen molar-refractivity contribution in [3.8, 4) is 0 Å². The molecule has 0 bridgehead atoms. The topological polar surface area (TPSA) is 65.1 Å². The molecular formula is C25H38N4O3. The Bertz CT molecular complexity index is 849. The number of piperazine rings is 1. The number of hydrogen-bond acceptors (Lipinski definition) is 5. The van der Waals surface area contributed by atoms with Crippen LogP contribution in [0.4, 0.5) is 4.79 Å². The van der Waals surface area contributed by atoms with Gasteiger partial charge in [-0.15, -0.1) is 0 Å². The van der Waals surface area contributed by atoms with E-state index < -0.39 is 6.04 Å². The molecule has 7 nitrogen and oxygen atoms in total. The number of carbonyl (C=O) groups is 2. The van der Waals surface area contributed by atoms with E-state index in [1.165, 1.54) is 5.56 Å². The third kappa shape index (κ3) is 5.33. The van der Waals surface area contributed by atoms with E-state index in [9.17, 15) is 9.59 Å². The molecule has 2 aliphatic heterocycles. The Morgan fingerprint density at radius 3 is 2.19 bits per heavy atom. The Morgan fingerprint density at radius 1 is 1.06 bits per heavy atom. The summed E-state index contributed by atoms with van der Waals surface area (Å²) in [5, 5.41) is 3.01. The Balaban J connectivity index is 1.98. The zero-order valence-electron chi connectivity index (χ0n) is 20.4. The predicted molar refractivity (Wildman–Crippen MR) is 126 cm³/mol. The van der Waals surface area contributed by atoms with Crippen molar-refractivity contribution in [1.82, 2.24) is 20.0 Å². The van der Waals surface area contributed by atoms with Crippen molar-refractivity contribution in [2.75, 3.05) is 52.9 Å². The summed E-state index contributed by atoms with van der Waals surface area (Å²) in [5.74, 6) is -0.369. The fourth-order valence-electron chi connectivity index (χ4n) is 4.30. The van der Waals surface area contributed by atoms with Crippen molar-refractivity contribution in [2.45, 2.75) is 46.1 Å². The molecule has 2 heterocycles. The molecule has 1 atom stereocenters. The molecule has 7 heteroatoms. The number of carbonyl (C=O) groups excluding carboxylic acids is 2. The lowest BCUT2D eigenvalue weighted by atomic mass is 9.85. The van der Waals surface area contributed by atoms with Crippen LogP contribution in [0.25, 0.3) is 0 Å². The van der Waals surface area contributed by atoms with Gasteiger partial charge in [-0.1, -0.05) is 52.0 Å². The maximum atomic E-state index is 13.1. The lowest BCUT2D eigenvalue weighted by Crippen LogP contribution is -2.52. The summed E-state index contributed by atoms with van der Waals surface area (Å²) < 4.78 is 5.45. The van der Waals surface area contributed by atoms with Gasteiger partial charge >= 0.3 is 12.0 Å². The highest BCUT2D eigenvalue weighted by Crippen LogP contribution is 2.33. The van der Waals surface area contributed by atoms with Crippen LogP contribution in [0, 0.1) is 0 Å². The van der Waals surface area contributed by atoms with Crippen LogP contribution in [-0.2, 0) is 14.9 Å². The maximum absolute atomic E-state index is 13.1. The van der Waals surface area contributed by atoms with Crippen LogP contribution in [0.3, 0.4) is 0 Å². The first kappa shape index (κ1) is 24.3. The van der Waals surface area contributed by atoms with Crippen LogP contribution >= 0.6 is 0 Å². The fourth-order valence-corrected chi connectivity index (χ4v) is 4.30.